The first kappa shape index (κ1) is 32.6. The molecule has 0 aromatic heterocycles. The number of ether oxygens (including phenoxy) is 3. The van der Waals surface area contributed by atoms with E-state index >= 15 is 0 Å². The van der Waals surface area contributed by atoms with Gasteiger partial charge in [-0.2, -0.15) is 0 Å². The van der Waals surface area contributed by atoms with Crippen molar-refractivity contribution in [3.63, 3.8) is 0 Å². The van der Waals surface area contributed by atoms with Crippen LogP contribution in [-0.4, -0.2) is 35.7 Å². The van der Waals surface area contributed by atoms with Gasteiger partial charge in [0.05, 0.1) is 12.5 Å². The average Bonchev–Trinajstić information content (AvgIpc) is 2.77. The molecule has 35 heavy (non-hydrogen) atoms. The van der Waals surface area contributed by atoms with Crippen LogP contribution in [0.5, 0.6) is 0 Å². The third-order valence-electron chi connectivity index (χ3n) is 5.29. The molecule has 0 aromatic rings. The fraction of sp³-hybridized carbons (Fsp3) is 0.714. The molecule has 200 valence electrons. The first-order valence-electron chi connectivity index (χ1n) is 13.1. The predicted octanol–water partition coefficient (Wildman–Crippen LogP) is 6.53. The maximum Gasteiger partial charge on any atom is 0.313 e. The van der Waals surface area contributed by atoms with Crippen molar-refractivity contribution in [2.75, 3.05) is 0 Å². The Morgan fingerprint density at radius 1 is 0.629 bits per heavy atom. The molecule has 0 amide bonds. The smallest absolute Gasteiger partial charge is 0.313 e. The molecule has 0 saturated heterocycles. The molecule has 0 aromatic carbocycles. The lowest BCUT2D eigenvalue weighted by Gasteiger charge is -2.16. The maximum atomic E-state index is 11.9. The number of ketones is 2. The van der Waals surface area contributed by atoms with Crippen LogP contribution in [0.25, 0.3) is 0 Å². The summed E-state index contributed by atoms with van der Waals surface area (Å²) in [7, 11) is 0. The van der Waals surface area contributed by atoms with Crippen molar-refractivity contribution in [1.82, 2.24) is 0 Å². The number of carbonyl (C=O) groups is 4. The normalized spacial score (nSPS) is 13.0. The molecule has 2 unspecified atom stereocenters. The van der Waals surface area contributed by atoms with E-state index in [9.17, 15) is 19.2 Å². The Balaban J connectivity index is 4.60. The summed E-state index contributed by atoms with van der Waals surface area (Å²) in [5, 5.41) is 0. The molecule has 0 saturated carbocycles. The highest BCUT2D eigenvalue weighted by Crippen LogP contribution is 2.15. The van der Waals surface area contributed by atoms with Gasteiger partial charge in [0.1, 0.15) is 36.6 Å². The van der Waals surface area contributed by atoms with Gasteiger partial charge in [0.15, 0.2) is 0 Å². The Bertz CT molecular complexity index is 610. The van der Waals surface area contributed by atoms with Gasteiger partial charge in [-0.1, -0.05) is 52.4 Å². The SMILES string of the molecule is CCCCCCC(CC=COC=CCC(CCCCCC)OC(=O)CC(C)=O)OC(=O)CC(C)=O. The van der Waals surface area contributed by atoms with Crippen molar-refractivity contribution < 1.29 is 33.4 Å². The van der Waals surface area contributed by atoms with E-state index in [1.54, 1.807) is 12.2 Å². The van der Waals surface area contributed by atoms with Gasteiger partial charge in [-0.05, 0) is 51.7 Å². The zero-order chi connectivity index (χ0) is 26.3. The number of hydrogen-bond donors (Lipinski definition) is 0. The quantitative estimate of drug-likeness (QED) is 0.0730. The fourth-order valence-electron chi connectivity index (χ4n) is 3.48. The van der Waals surface area contributed by atoms with E-state index in [-0.39, 0.29) is 36.6 Å². The van der Waals surface area contributed by atoms with Crippen LogP contribution in [0.4, 0.5) is 0 Å². The first-order chi connectivity index (χ1) is 16.8. The lowest BCUT2D eigenvalue weighted by Crippen LogP contribution is -2.19. The standard InChI is InChI=1S/C28H46O7/c1-5-7-9-11-15-25(34-27(31)21-23(3)29)17-13-19-33-20-14-18-26(16-12-10-8-6-2)35-28(32)22-24(4)30/h13-14,19-20,25-26H,5-12,15-18,21-22H2,1-4H3. The zero-order valence-electron chi connectivity index (χ0n) is 22.2. The van der Waals surface area contributed by atoms with Crippen molar-refractivity contribution in [2.24, 2.45) is 0 Å². The van der Waals surface area contributed by atoms with Crippen LogP contribution in [0.3, 0.4) is 0 Å². The van der Waals surface area contributed by atoms with E-state index in [4.69, 9.17) is 14.2 Å². The highest BCUT2D eigenvalue weighted by molar-refractivity contribution is 5.94. The van der Waals surface area contributed by atoms with Crippen LogP contribution in [0, 0.1) is 0 Å². The summed E-state index contributed by atoms with van der Waals surface area (Å²) in [4.78, 5) is 46.1. The molecule has 0 rings (SSSR count). The number of rotatable bonds is 22. The Labute approximate surface area is 211 Å². The van der Waals surface area contributed by atoms with Gasteiger partial charge in [-0.3, -0.25) is 19.2 Å². The first-order valence-corrected chi connectivity index (χ1v) is 13.1. The molecule has 0 N–H and O–H groups in total. The molecule has 2 atom stereocenters. The molecule has 0 spiro atoms. The van der Waals surface area contributed by atoms with Gasteiger partial charge in [-0.15, -0.1) is 0 Å². The number of hydrogen-bond acceptors (Lipinski definition) is 7. The molecule has 0 bridgehead atoms. The van der Waals surface area contributed by atoms with Crippen LogP contribution >= 0.6 is 0 Å². The summed E-state index contributed by atoms with van der Waals surface area (Å²) < 4.78 is 16.3. The number of carbonyl (C=O) groups excluding carboxylic acids is 4. The van der Waals surface area contributed by atoms with Crippen LogP contribution in [-0.2, 0) is 33.4 Å². The summed E-state index contributed by atoms with van der Waals surface area (Å²) >= 11 is 0. The van der Waals surface area contributed by atoms with Gasteiger partial charge >= 0.3 is 11.9 Å². The second-order valence-corrected chi connectivity index (χ2v) is 9.03. The predicted molar refractivity (Wildman–Crippen MR) is 136 cm³/mol. The lowest BCUT2D eigenvalue weighted by molar-refractivity contribution is -0.152. The van der Waals surface area contributed by atoms with Crippen LogP contribution in [0.1, 0.15) is 118 Å². The van der Waals surface area contributed by atoms with Crippen LogP contribution in [0.15, 0.2) is 24.7 Å². The molecular weight excluding hydrogens is 448 g/mol. The summed E-state index contributed by atoms with van der Waals surface area (Å²) in [6.45, 7) is 7.03. The highest BCUT2D eigenvalue weighted by atomic mass is 16.5. The summed E-state index contributed by atoms with van der Waals surface area (Å²) in [5.74, 6) is -1.40. The Morgan fingerprint density at radius 3 is 1.37 bits per heavy atom. The molecule has 0 aliphatic carbocycles. The molecule has 7 nitrogen and oxygen atoms in total. The maximum absolute atomic E-state index is 11.9. The number of esters is 2. The summed E-state index contributed by atoms with van der Waals surface area (Å²) in [6, 6.07) is 0. The van der Waals surface area contributed by atoms with E-state index in [2.05, 4.69) is 13.8 Å². The van der Waals surface area contributed by atoms with Gasteiger partial charge in [0, 0.05) is 12.8 Å². The van der Waals surface area contributed by atoms with Crippen molar-refractivity contribution in [2.45, 2.75) is 130 Å². The van der Waals surface area contributed by atoms with Crippen LogP contribution < -0.4 is 0 Å². The van der Waals surface area contributed by atoms with Crippen molar-refractivity contribution >= 4 is 23.5 Å². The molecule has 7 heteroatoms. The average molecular weight is 495 g/mol. The van der Waals surface area contributed by atoms with E-state index < -0.39 is 11.9 Å². The van der Waals surface area contributed by atoms with E-state index in [1.165, 1.54) is 26.4 Å². The topological polar surface area (TPSA) is 96.0 Å². The molecule has 0 radical (unpaired) electrons. The molecule has 0 fully saturated rings. The Morgan fingerprint density at radius 2 is 1.03 bits per heavy atom. The number of unbranched alkanes of at least 4 members (excludes halogenated alkanes) is 6. The minimum Gasteiger partial charge on any atom is -0.473 e. The van der Waals surface area contributed by atoms with E-state index in [0.717, 1.165) is 64.2 Å². The zero-order valence-corrected chi connectivity index (χ0v) is 22.2. The monoisotopic (exact) mass is 494 g/mol. The minimum absolute atomic E-state index is 0.203. The molecule has 0 aliphatic heterocycles. The Hall–Kier alpha value is -2.44. The second kappa shape index (κ2) is 22.1. The second-order valence-electron chi connectivity index (χ2n) is 9.03. The molecular formula is C28H46O7. The van der Waals surface area contributed by atoms with Gasteiger partial charge in [0.25, 0.3) is 0 Å². The van der Waals surface area contributed by atoms with Crippen molar-refractivity contribution in [3.05, 3.63) is 24.7 Å². The van der Waals surface area contributed by atoms with Gasteiger partial charge < -0.3 is 14.2 Å². The summed E-state index contributed by atoms with van der Waals surface area (Å²) in [5.41, 5.74) is 0. The largest absolute Gasteiger partial charge is 0.473 e. The van der Waals surface area contributed by atoms with Gasteiger partial charge in [-0.25, -0.2) is 0 Å². The van der Waals surface area contributed by atoms with E-state index in [1.807, 2.05) is 0 Å². The molecule has 0 heterocycles. The third-order valence-corrected chi connectivity index (χ3v) is 5.29. The number of Topliss-reactive ketones (excluding diaryl/α,β-unsaturated/α-hetero) is 2. The lowest BCUT2D eigenvalue weighted by atomic mass is 10.1. The van der Waals surface area contributed by atoms with E-state index in [0.29, 0.717) is 12.8 Å². The van der Waals surface area contributed by atoms with Crippen molar-refractivity contribution in [1.29, 1.82) is 0 Å². The van der Waals surface area contributed by atoms with Gasteiger partial charge in [0.2, 0.25) is 0 Å². The van der Waals surface area contributed by atoms with Crippen molar-refractivity contribution in [3.8, 4) is 0 Å². The third kappa shape index (κ3) is 21.8. The Kier molecular flexibility index (Phi) is 20.5. The van der Waals surface area contributed by atoms with Crippen LogP contribution in [0.2, 0.25) is 0 Å². The molecule has 0 aliphatic rings. The summed E-state index contributed by atoms with van der Waals surface area (Å²) in [6.07, 6.45) is 16.8. The highest BCUT2D eigenvalue weighted by Gasteiger charge is 2.15. The fourth-order valence-corrected chi connectivity index (χ4v) is 3.48. The minimum atomic E-state index is -0.489.